The number of hydrogen-bond donors (Lipinski definition) is 1. The molecule has 1 N–H and O–H groups in total. The molecule has 0 radical (unpaired) electrons. The smallest absolute Gasteiger partial charge is 0.0893 e. The maximum absolute atomic E-state index is 9.37. The van der Waals surface area contributed by atoms with E-state index in [-0.39, 0.29) is 0 Å². The molecule has 0 amide bonds. The van der Waals surface area contributed by atoms with Gasteiger partial charge in [-0.3, -0.25) is 0 Å². The maximum atomic E-state index is 9.37. The van der Waals surface area contributed by atoms with E-state index in [0.717, 1.165) is 16.8 Å². The SMILES string of the molecule is O/C(=C\CI)CC1CCCC1. The summed E-state index contributed by atoms with van der Waals surface area (Å²) in [5.41, 5.74) is 0. The number of allylic oxidation sites excluding steroid dienone is 2. The van der Waals surface area contributed by atoms with Crippen molar-refractivity contribution < 1.29 is 5.11 Å². The summed E-state index contributed by atoms with van der Waals surface area (Å²) < 4.78 is 0.927. The topological polar surface area (TPSA) is 20.2 Å². The van der Waals surface area contributed by atoms with Gasteiger partial charge in [-0.15, -0.1) is 0 Å². The summed E-state index contributed by atoms with van der Waals surface area (Å²) >= 11 is 2.25. The molecule has 1 aliphatic rings. The summed E-state index contributed by atoms with van der Waals surface area (Å²) in [7, 11) is 0. The molecule has 2 heteroatoms. The summed E-state index contributed by atoms with van der Waals surface area (Å²) in [6.45, 7) is 0. The minimum atomic E-state index is 0.603. The largest absolute Gasteiger partial charge is 0.513 e. The number of aliphatic hydroxyl groups is 1. The van der Waals surface area contributed by atoms with Crippen LogP contribution in [0.4, 0.5) is 0 Å². The Balaban J connectivity index is 2.23. The third-order valence-electron chi connectivity index (χ3n) is 2.29. The standard InChI is InChI=1S/C9H15IO/c10-6-5-9(11)7-8-3-1-2-4-8/h5,8,11H,1-4,6-7H2/b9-5-. The summed E-state index contributed by atoms with van der Waals surface area (Å²) in [5.74, 6) is 1.38. The lowest BCUT2D eigenvalue weighted by Crippen LogP contribution is -1.95. The lowest BCUT2D eigenvalue weighted by Gasteiger charge is -2.06. The van der Waals surface area contributed by atoms with Crippen LogP contribution in [-0.4, -0.2) is 9.53 Å². The molecule has 0 saturated heterocycles. The highest BCUT2D eigenvalue weighted by Crippen LogP contribution is 2.29. The lowest BCUT2D eigenvalue weighted by atomic mass is 10.0. The summed E-state index contributed by atoms with van der Waals surface area (Å²) in [5, 5.41) is 9.37. The molecule has 1 saturated carbocycles. The molecular formula is C9H15IO. The first kappa shape index (κ1) is 9.36. The second kappa shape index (κ2) is 5.01. The Morgan fingerprint density at radius 2 is 2.09 bits per heavy atom. The Bertz CT molecular complexity index is 136. The summed E-state index contributed by atoms with van der Waals surface area (Å²) in [4.78, 5) is 0. The molecule has 1 aliphatic carbocycles. The molecular weight excluding hydrogens is 251 g/mol. The van der Waals surface area contributed by atoms with E-state index in [1.165, 1.54) is 25.7 Å². The Kier molecular flexibility index (Phi) is 4.26. The van der Waals surface area contributed by atoms with Crippen LogP contribution < -0.4 is 0 Å². The average molecular weight is 266 g/mol. The van der Waals surface area contributed by atoms with E-state index >= 15 is 0 Å². The van der Waals surface area contributed by atoms with Gasteiger partial charge in [-0.1, -0.05) is 48.3 Å². The molecule has 0 heterocycles. The van der Waals surface area contributed by atoms with Crippen molar-refractivity contribution in [3.63, 3.8) is 0 Å². The van der Waals surface area contributed by atoms with Gasteiger partial charge in [0.2, 0.25) is 0 Å². The molecule has 64 valence electrons. The van der Waals surface area contributed by atoms with Crippen LogP contribution in [0.2, 0.25) is 0 Å². The molecule has 0 bridgehead atoms. The van der Waals surface area contributed by atoms with Crippen LogP contribution in [0, 0.1) is 5.92 Å². The molecule has 0 spiro atoms. The van der Waals surface area contributed by atoms with Crippen LogP contribution >= 0.6 is 22.6 Å². The fourth-order valence-electron chi connectivity index (χ4n) is 1.68. The van der Waals surface area contributed by atoms with Gasteiger partial charge in [0.15, 0.2) is 0 Å². The van der Waals surface area contributed by atoms with Crippen LogP contribution in [0.5, 0.6) is 0 Å². The second-order valence-corrected chi connectivity index (χ2v) is 4.09. The van der Waals surface area contributed by atoms with Crippen molar-refractivity contribution in [1.82, 2.24) is 0 Å². The van der Waals surface area contributed by atoms with E-state index in [4.69, 9.17) is 0 Å². The van der Waals surface area contributed by atoms with Gasteiger partial charge in [-0.25, -0.2) is 0 Å². The van der Waals surface area contributed by atoms with Gasteiger partial charge in [0, 0.05) is 10.8 Å². The predicted octanol–water partition coefficient (Wildman–Crippen LogP) is 3.44. The number of halogens is 1. The normalized spacial score (nSPS) is 21.0. The van der Waals surface area contributed by atoms with Crippen LogP contribution in [-0.2, 0) is 0 Å². The Morgan fingerprint density at radius 1 is 1.45 bits per heavy atom. The van der Waals surface area contributed by atoms with Gasteiger partial charge in [-0.05, 0) is 12.0 Å². The molecule has 11 heavy (non-hydrogen) atoms. The van der Waals surface area contributed by atoms with Crippen molar-refractivity contribution in [3.8, 4) is 0 Å². The third kappa shape index (κ3) is 3.45. The minimum absolute atomic E-state index is 0.603. The zero-order valence-electron chi connectivity index (χ0n) is 6.72. The van der Waals surface area contributed by atoms with Crippen LogP contribution in [0.1, 0.15) is 32.1 Å². The molecule has 0 atom stereocenters. The van der Waals surface area contributed by atoms with Gasteiger partial charge < -0.3 is 5.11 Å². The number of rotatable bonds is 3. The first-order chi connectivity index (χ1) is 5.33. The van der Waals surface area contributed by atoms with E-state index in [2.05, 4.69) is 22.6 Å². The van der Waals surface area contributed by atoms with Gasteiger partial charge in [0.1, 0.15) is 0 Å². The summed E-state index contributed by atoms with van der Waals surface area (Å²) in [6.07, 6.45) is 8.20. The van der Waals surface area contributed by atoms with Gasteiger partial charge in [-0.2, -0.15) is 0 Å². The van der Waals surface area contributed by atoms with E-state index in [0.29, 0.717) is 5.76 Å². The second-order valence-electron chi connectivity index (χ2n) is 3.20. The van der Waals surface area contributed by atoms with Crippen LogP contribution in [0.3, 0.4) is 0 Å². The molecule has 1 rings (SSSR count). The molecule has 1 fully saturated rings. The van der Waals surface area contributed by atoms with Crippen molar-refractivity contribution in [2.45, 2.75) is 32.1 Å². The van der Waals surface area contributed by atoms with Gasteiger partial charge in [0.05, 0.1) is 5.76 Å². The molecule has 0 aliphatic heterocycles. The van der Waals surface area contributed by atoms with Crippen molar-refractivity contribution in [2.75, 3.05) is 4.43 Å². The van der Waals surface area contributed by atoms with E-state index in [1.54, 1.807) is 0 Å². The highest BCUT2D eigenvalue weighted by molar-refractivity contribution is 14.1. The first-order valence-corrected chi connectivity index (χ1v) is 5.79. The quantitative estimate of drug-likeness (QED) is 0.471. The predicted molar refractivity (Wildman–Crippen MR) is 56.2 cm³/mol. The average Bonchev–Trinajstić information content (AvgIpc) is 2.40. The van der Waals surface area contributed by atoms with Crippen LogP contribution in [0.15, 0.2) is 11.8 Å². The molecule has 0 aromatic rings. The van der Waals surface area contributed by atoms with E-state index in [1.807, 2.05) is 6.08 Å². The Morgan fingerprint density at radius 3 is 2.64 bits per heavy atom. The monoisotopic (exact) mass is 266 g/mol. The molecule has 0 aromatic heterocycles. The molecule has 0 unspecified atom stereocenters. The highest BCUT2D eigenvalue weighted by Gasteiger charge is 2.15. The third-order valence-corrected chi connectivity index (χ3v) is 2.73. The zero-order chi connectivity index (χ0) is 8.10. The first-order valence-electron chi connectivity index (χ1n) is 4.27. The minimum Gasteiger partial charge on any atom is -0.513 e. The fraction of sp³-hybridized carbons (Fsp3) is 0.778. The van der Waals surface area contributed by atoms with Crippen molar-refractivity contribution in [1.29, 1.82) is 0 Å². The van der Waals surface area contributed by atoms with Crippen LogP contribution in [0.25, 0.3) is 0 Å². The number of alkyl halides is 1. The fourth-order valence-corrected chi connectivity index (χ4v) is 2.19. The summed E-state index contributed by atoms with van der Waals surface area (Å²) in [6, 6.07) is 0. The van der Waals surface area contributed by atoms with Crippen molar-refractivity contribution in [3.05, 3.63) is 11.8 Å². The number of aliphatic hydroxyl groups excluding tert-OH is 1. The van der Waals surface area contributed by atoms with E-state index < -0.39 is 0 Å². The van der Waals surface area contributed by atoms with E-state index in [9.17, 15) is 5.11 Å². The number of hydrogen-bond acceptors (Lipinski definition) is 1. The Hall–Kier alpha value is 0.270. The molecule has 0 aromatic carbocycles. The zero-order valence-corrected chi connectivity index (χ0v) is 8.88. The van der Waals surface area contributed by atoms with Gasteiger partial charge >= 0.3 is 0 Å². The van der Waals surface area contributed by atoms with Gasteiger partial charge in [0.25, 0.3) is 0 Å². The van der Waals surface area contributed by atoms with Crippen molar-refractivity contribution >= 4 is 22.6 Å². The Labute approximate surface area is 82.0 Å². The molecule has 1 nitrogen and oxygen atoms in total. The maximum Gasteiger partial charge on any atom is 0.0893 e. The lowest BCUT2D eigenvalue weighted by molar-refractivity contribution is 0.350. The van der Waals surface area contributed by atoms with Crippen molar-refractivity contribution in [2.24, 2.45) is 5.92 Å². The highest BCUT2D eigenvalue weighted by atomic mass is 127.